The molecule has 0 spiro atoms. The topological polar surface area (TPSA) is 0 Å². The lowest BCUT2D eigenvalue weighted by Crippen LogP contribution is -2.24. The summed E-state index contributed by atoms with van der Waals surface area (Å²) in [7, 11) is 0. The largest absolute Gasteiger partial charge is 0.120 e. The second-order valence-electron chi connectivity index (χ2n) is 8.70. The number of hydrogen-bond acceptors (Lipinski definition) is 0. The molecule has 4 aromatic rings. The van der Waals surface area contributed by atoms with Crippen LogP contribution in [0.3, 0.4) is 0 Å². The van der Waals surface area contributed by atoms with Crippen LogP contribution in [-0.4, -0.2) is 0 Å². The third-order valence-corrected chi connectivity index (χ3v) is 6.42. The summed E-state index contributed by atoms with van der Waals surface area (Å²) >= 11 is 0. The molecule has 0 unspecified atom stereocenters. The Morgan fingerprint density at radius 2 is 1.12 bits per heavy atom. The Kier molecular flexibility index (Phi) is 8.35. The average Bonchev–Trinajstić information content (AvgIpc) is 3.16. The molecule has 34 heavy (non-hydrogen) atoms. The lowest BCUT2D eigenvalue weighted by molar-refractivity contribution is 0.560. The summed E-state index contributed by atoms with van der Waals surface area (Å²) in [4.78, 5) is 0. The van der Waals surface area contributed by atoms with Crippen LogP contribution in [-0.2, 0) is 5.41 Å². The van der Waals surface area contributed by atoms with E-state index in [2.05, 4.69) is 117 Å². The lowest BCUT2D eigenvalue weighted by Gasteiger charge is -2.28. The minimum atomic E-state index is -0.212. The minimum absolute atomic E-state index is 0.212. The Hall–Kier alpha value is -3.74. The zero-order valence-corrected chi connectivity index (χ0v) is 20.8. The molecule has 0 N–H and O–H groups in total. The predicted molar refractivity (Wildman–Crippen MR) is 149 cm³/mol. The van der Waals surface area contributed by atoms with Gasteiger partial charge in [-0.25, -0.2) is 0 Å². The average molecular weight is 443 g/mol. The number of terminal acetylenes is 2. The summed E-state index contributed by atoms with van der Waals surface area (Å²) in [5.41, 5.74) is 6.28. The molecule has 4 aromatic carbocycles. The van der Waals surface area contributed by atoms with Gasteiger partial charge in [0.25, 0.3) is 0 Å². The molecule has 0 heteroatoms. The van der Waals surface area contributed by atoms with Crippen molar-refractivity contribution in [1.82, 2.24) is 0 Å². The molecule has 170 valence electrons. The first-order chi connectivity index (χ1) is 16.6. The van der Waals surface area contributed by atoms with E-state index >= 15 is 0 Å². The highest BCUT2D eigenvalue weighted by Crippen LogP contribution is 2.52. The molecule has 0 atom stereocenters. The molecule has 0 bridgehead atoms. The molecule has 1 aliphatic carbocycles. The lowest BCUT2D eigenvalue weighted by atomic mass is 9.73. The van der Waals surface area contributed by atoms with Crippen molar-refractivity contribution in [1.29, 1.82) is 0 Å². The second-order valence-corrected chi connectivity index (χ2v) is 8.70. The summed E-state index contributed by atoms with van der Waals surface area (Å²) < 4.78 is 0. The van der Waals surface area contributed by atoms with Gasteiger partial charge in [-0.3, -0.25) is 0 Å². The summed E-state index contributed by atoms with van der Waals surface area (Å²) in [5.74, 6) is 6.26. The molecular formula is C34H34. The van der Waals surface area contributed by atoms with E-state index in [-0.39, 0.29) is 5.41 Å². The van der Waals surface area contributed by atoms with E-state index in [1.807, 2.05) is 13.8 Å². The van der Waals surface area contributed by atoms with Gasteiger partial charge < -0.3 is 0 Å². The molecule has 0 radical (unpaired) electrons. The molecule has 0 amide bonds. The fourth-order valence-electron chi connectivity index (χ4n) is 4.77. The van der Waals surface area contributed by atoms with Crippen LogP contribution in [0, 0.1) is 24.7 Å². The van der Waals surface area contributed by atoms with E-state index in [9.17, 15) is 0 Å². The molecule has 0 nitrogen and oxygen atoms in total. The second kappa shape index (κ2) is 11.4. The highest BCUT2D eigenvalue weighted by atomic mass is 14.4. The first-order valence-electron chi connectivity index (χ1n) is 12.2. The van der Waals surface area contributed by atoms with Crippen molar-refractivity contribution in [3.63, 3.8) is 0 Å². The van der Waals surface area contributed by atoms with Crippen LogP contribution >= 0.6 is 0 Å². The van der Waals surface area contributed by atoms with Crippen molar-refractivity contribution in [2.75, 3.05) is 0 Å². The fraction of sp³-hybridized carbons (Fsp3) is 0.235. The SMILES string of the molecule is C#CCC1(CC#C)c2ccccc2-c2ccccc21.CC.CC(C)c1ccc2ccccc2c1. The van der Waals surface area contributed by atoms with E-state index < -0.39 is 0 Å². The van der Waals surface area contributed by atoms with E-state index in [0.29, 0.717) is 18.8 Å². The fourth-order valence-corrected chi connectivity index (χ4v) is 4.77. The van der Waals surface area contributed by atoms with Crippen LogP contribution in [0.5, 0.6) is 0 Å². The maximum atomic E-state index is 5.62. The van der Waals surface area contributed by atoms with Crippen LogP contribution in [0.2, 0.25) is 0 Å². The zero-order valence-electron chi connectivity index (χ0n) is 20.8. The third-order valence-electron chi connectivity index (χ3n) is 6.42. The smallest absolute Gasteiger partial charge is 0.0432 e. The van der Waals surface area contributed by atoms with Crippen LogP contribution in [0.15, 0.2) is 91.0 Å². The molecule has 0 aromatic heterocycles. The van der Waals surface area contributed by atoms with Crippen molar-refractivity contribution >= 4 is 10.8 Å². The third kappa shape index (κ3) is 4.78. The standard InChI is InChI=1S/C19H14.C13H14.C2H6/c1-3-13-19(14-4-2)17-11-7-5-9-15(17)16-10-6-8-12-18(16)19;1-10(2)12-8-7-11-5-3-4-6-13(11)9-12;1-2/h1-2,5-12H,13-14H2;3-10H,1-2H3;1-2H3. The van der Waals surface area contributed by atoms with Gasteiger partial charge in [0, 0.05) is 18.3 Å². The van der Waals surface area contributed by atoms with E-state index in [4.69, 9.17) is 12.8 Å². The van der Waals surface area contributed by atoms with E-state index in [1.54, 1.807) is 0 Å². The molecule has 0 aliphatic heterocycles. The summed E-state index contributed by atoms with van der Waals surface area (Å²) in [6.45, 7) is 8.45. The van der Waals surface area contributed by atoms with Gasteiger partial charge in [-0.2, -0.15) is 0 Å². The van der Waals surface area contributed by atoms with Gasteiger partial charge in [-0.05, 0) is 44.5 Å². The number of hydrogen-bond donors (Lipinski definition) is 0. The summed E-state index contributed by atoms with van der Waals surface area (Å²) in [5, 5.41) is 2.67. The van der Waals surface area contributed by atoms with Crippen LogP contribution < -0.4 is 0 Å². The predicted octanol–water partition coefficient (Wildman–Crippen LogP) is 8.99. The van der Waals surface area contributed by atoms with Crippen molar-refractivity contribution < 1.29 is 0 Å². The molecule has 0 heterocycles. The Morgan fingerprint density at radius 1 is 0.647 bits per heavy atom. The normalized spacial score (nSPS) is 12.2. The van der Waals surface area contributed by atoms with Gasteiger partial charge in [0.15, 0.2) is 0 Å². The number of rotatable bonds is 3. The number of benzene rings is 4. The molecule has 1 aliphatic rings. The van der Waals surface area contributed by atoms with Gasteiger partial charge in [0.2, 0.25) is 0 Å². The zero-order chi connectivity index (χ0) is 24.6. The Morgan fingerprint density at radius 3 is 1.62 bits per heavy atom. The molecule has 0 saturated heterocycles. The quantitative estimate of drug-likeness (QED) is 0.278. The van der Waals surface area contributed by atoms with Crippen molar-refractivity contribution in [3.05, 3.63) is 108 Å². The van der Waals surface area contributed by atoms with Crippen LogP contribution in [0.4, 0.5) is 0 Å². The highest BCUT2D eigenvalue weighted by molar-refractivity contribution is 5.83. The Balaban J connectivity index is 0.000000189. The van der Waals surface area contributed by atoms with Gasteiger partial charge in [0.1, 0.15) is 0 Å². The van der Waals surface area contributed by atoms with Gasteiger partial charge in [-0.15, -0.1) is 24.7 Å². The Labute approximate surface area is 206 Å². The molecular weight excluding hydrogens is 408 g/mol. The summed E-state index contributed by atoms with van der Waals surface area (Å²) in [6.07, 6.45) is 12.5. The monoisotopic (exact) mass is 442 g/mol. The Bertz CT molecular complexity index is 1260. The van der Waals surface area contributed by atoms with Crippen molar-refractivity contribution in [2.45, 2.75) is 51.9 Å². The maximum absolute atomic E-state index is 5.62. The van der Waals surface area contributed by atoms with E-state index in [1.165, 1.54) is 38.6 Å². The van der Waals surface area contributed by atoms with Crippen molar-refractivity contribution in [2.24, 2.45) is 0 Å². The highest BCUT2D eigenvalue weighted by Gasteiger charge is 2.41. The maximum Gasteiger partial charge on any atom is 0.0432 e. The van der Waals surface area contributed by atoms with E-state index in [0.717, 1.165) is 0 Å². The van der Waals surface area contributed by atoms with Gasteiger partial charge in [0.05, 0.1) is 0 Å². The number of fused-ring (bicyclic) bond motifs is 4. The van der Waals surface area contributed by atoms with Crippen LogP contribution in [0.25, 0.3) is 21.9 Å². The first-order valence-corrected chi connectivity index (χ1v) is 12.2. The minimum Gasteiger partial charge on any atom is -0.120 e. The van der Waals surface area contributed by atoms with Gasteiger partial charge >= 0.3 is 0 Å². The first kappa shape index (κ1) is 24.9. The van der Waals surface area contributed by atoms with Crippen molar-refractivity contribution in [3.8, 4) is 35.8 Å². The molecule has 5 rings (SSSR count). The summed E-state index contributed by atoms with van der Waals surface area (Å²) in [6, 6.07) is 32.1. The van der Waals surface area contributed by atoms with Gasteiger partial charge in [-0.1, -0.05) is 119 Å². The molecule has 0 saturated carbocycles. The van der Waals surface area contributed by atoms with Crippen LogP contribution in [0.1, 0.15) is 63.1 Å². The molecule has 0 fully saturated rings.